The number of sulfone groups is 1. The third-order valence-electron chi connectivity index (χ3n) is 5.10. The van der Waals surface area contributed by atoms with Gasteiger partial charge in [0.2, 0.25) is 0 Å². The fraction of sp³-hybridized carbons (Fsp3) is 0.647. The van der Waals surface area contributed by atoms with Crippen molar-refractivity contribution in [3.05, 3.63) is 35.4 Å². The van der Waals surface area contributed by atoms with Crippen molar-refractivity contribution in [2.45, 2.75) is 49.8 Å². The summed E-state index contributed by atoms with van der Waals surface area (Å²) >= 11 is 0. The van der Waals surface area contributed by atoms with E-state index in [1.54, 1.807) is 0 Å². The molecule has 0 radical (unpaired) electrons. The van der Waals surface area contributed by atoms with Gasteiger partial charge in [-0.05, 0) is 55.7 Å². The summed E-state index contributed by atoms with van der Waals surface area (Å²) in [6.45, 7) is 0.940. The van der Waals surface area contributed by atoms with Gasteiger partial charge in [-0.15, -0.1) is 0 Å². The van der Waals surface area contributed by atoms with Gasteiger partial charge in [-0.25, -0.2) is 8.42 Å². The average Bonchev–Trinajstić information content (AvgIpc) is 3.03. The van der Waals surface area contributed by atoms with Gasteiger partial charge in [0.15, 0.2) is 9.84 Å². The molecule has 21 heavy (non-hydrogen) atoms. The summed E-state index contributed by atoms with van der Waals surface area (Å²) in [6.07, 6.45) is 7.74. The maximum atomic E-state index is 11.8. The Bertz CT molecular complexity index is 572. The van der Waals surface area contributed by atoms with Crippen LogP contribution in [0.2, 0.25) is 0 Å². The lowest BCUT2D eigenvalue weighted by Gasteiger charge is -2.20. The summed E-state index contributed by atoms with van der Waals surface area (Å²) < 4.78 is 23.5. The molecule has 1 aromatic carbocycles. The van der Waals surface area contributed by atoms with Crippen molar-refractivity contribution in [1.82, 2.24) is 5.32 Å². The third-order valence-corrected chi connectivity index (χ3v) is 6.76. The Balaban J connectivity index is 1.47. The molecule has 0 heterocycles. The summed E-state index contributed by atoms with van der Waals surface area (Å²) in [5, 5.41) is 3.34. The Hall–Kier alpha value is -0.870. The van der Waals surface area contributed by atoms with Crippen molar-refractivity contribution in [2.75, 3.05) is 12.8 Å². The third kappa shape index (κ3) is 3.49. The van der Waals surface area contributed by atoms with Gasteiger partial charge >= 0.3 is 0 Å². The van der Waals surface area contributed by atoms with Crippen LogP contribution in [0.3, 0.4) is 0 Å². The first-order valence-electron chi connectivity index (χ1n) is 8.03. The highest BCUT2D eigenvalue weighted by Gasteiger charge is 2.34. The Morgan fingerprint density at radius 2 is 1.81 bits per heavy atom. The number of hydrogen-bond acceptors (Lipinski definition) is 3. The van der Waals surface area contributed by atoms with E-state index in [-0.39, 0.29) is 11.3 Å². The molecule has 0 aromatic heterocycles. The zero-order valence-corrected chi connectivity index (χ0v) is 13.5. The van der Waals surface area contributed by atoms with E-state index in [2.05, 4.69) is 29.6 Å². The van der Waals surface area contributed by atoms with Gasteiger partial charge in [-0.2, -0.15) is 0 Å². The van der Waals surface area contributed by atoms with Crippen LogP contribution in [-0.4, -0.2) is 32.5 Å². The molecule has 2 atom stereocenters. The summed E-state index contributed by atoms with van der Waals surface area (Å²) in [6, 6.07) is 8.88. The molecule has 1 saturated carbocycles. The summed E-state index contributed by atoms with van der Waals surface area (Å²) in [7, 11) is -2.91. The first-order valence-corrected chi connectivity index (χ1v) is 9.98. The fourth-order valence-electron chi connectivity index (χ4n) is 4.00. The highest BCUT2D eigenvalue weighted by molar-refractivity contribution is 7.91. The minimum absolute atomic E-state index is 0.168. The van der Waals surface area contributed by atoms with Gasteiger partial charge in [0.25, 0.3) is 0 Å². The normalized spacial score (nSPS) is 26.1. The summed E-state index contributed by atoms with van der Waals surface area (Å²) in [4.78, 5) is 0. The van der Waals surface area contributed by atoms with E-state index in [0.29, 0.717) is 5.92 Å². The molecule has 2 aliphatic carbocycles. The van der Waals surface area contributed by atoms with Crippen LogP contribution in [0.4, 0.5) is 0 Å². The molecule has 0 unspecified atom stereocenters. The molecule has 0 saturated heterocycles. The minimum atomic E-state index is -2.91. The van der Waals surface area contributed by atoms with E-state index in [9.17, 15) is 8.42 Å². The minimum Gasteiger partial charge on any atom is -0.313 e. The SMILES string of the molecule is CS(=O)(=O)[C@H]1CCC[C@H]1NCCC1Cc2ccccc2C1. The molecule has 3 rings (SSSR count). The van der Waals surface area contributed by atoms with Crippen molar-refractivity contribution in [2.24, 2.45) is 5.92 Å². The van der Waals surface area contributed by atoms with Crippen LogP contribution < -0.4 is 5.32 Å². The number of nitrogens with one attached hydrogen (secondary N) is 1. The molecule has 4 heteroatoms. The predicted octanol–water partition coefficient (Wildman–Crippen LogP) is 2.35. The lowest BCUT2D eigenvalue weighted by molar-refractivity contribution is 0.444. The second-order valence-corrected chi connectivity index (χ2v) is 8.96. The molecule has 3 nitrogen and oxygen atoms in total. The van der Waals surface area contributed by atoms with Crippen molar-refractivity contribution >= 4 is 9.84 Å². The number of hydrogen-bond donors (Lipinski definition) is 1. The molecule has 1 aromatic rings. The van der Waals surface area contributed by atoms with Gasteiger partial charge in [0.1, 0.15) is 0 Å². The lowest BCUT2D eigenvalue weighted by atomic mass is 10.0. The van der Waals surface area contributed by atoms with Crippen molar-refractivity contribution in [3.8, 4) is 0 Å². The van der Waals surface area contributed by atoms with Crippen LogP contribution >= 0.6 is 0 Å². The second-order valence-electron chi connectivity index (χ2n) is 6.69. The zero-order chi connectivity index (χ0) is 14.9. The molecular formula is C17H25NO2S. The number of rotatable bonds is 5. The van der Waals surface area contributed by atoms with Crippen molar-refractivity contribution in [3.63, 3.8) is 0 Å². The second kappa shape index (κ2) is 6.09. The van der Waals surface area contributed by atoms with E-state index in [4.69, 9.17) is 0 Å². The van der Waals surface area contributed by atoms with E-state index in [1.807, 2.05) is 0 Å². The lowest BCUT2D eigenvalue weighted by Crippen LogP contribution is -2.40. The molecule has 0 amide bonds. The van der Waals surface area contributed by atoms with Gasteiger partial charge in [0.05, 0.1) is 5.25 Å². The molecule has 0 spiro atoms. The van der Waals surface area contributed by atoms with Crippen molar-refractivity contribution in [1.29, 1.82) is 0 Å². The summed E-state index contributed by atoms with van der Waals surface area (Å²) in [5.74, 6) is 0.716. The predicted molar refractivity (Wildman–Crippen MR) is 86.2 cm³/mol. The van der Waals surface area contributed by atoms with E-state index >= 15 is 0 Å². The van der Waals surface area contributed by atoms with E-state index in [0.717, 1.165) is 32.2 Å². The van der Waals surface area contributed by atoms with Crippen LogP contribution in [0.25, 0.3) is 0 Å². The van der Waals surface area contributed by atoms with Crippen LogP contribution in [0, 0.1) is 5.92 Å². The summed E-state index contributed by atoms with van der Waals surface area (Å²) in [5.41, 5.74) is 3.00. The largest absolute Gasteiger partial charge is 0.313 e. The van der Waals surface area contributed by atoms with E-state index < -0.39 is 9.84 Å². The van der Waals surface area contributed by atoms with Gasteiger partial charge in [-0.1, -0.05) is 30.7 Å². The van der Waals surface area contributed by atoms with Gasteiger partial charge < -0.3 is 5.32 Å². The molecular weight excluding hydrogens is 282 g/mol. The smallest absolute Gasteiger partial charge is 0.151 e. The fourth-order valence-corrected chi connectivity index (χ4v) is 5.42. The number of benzene rings is 1. The first kappa shape index (κ1) is 15.0. The number of fused-ring (bicyclic) bond motifs is 1. The Morgan fingerprint density at radius 1 is 1.14 bits per heavy atom. The Labute approximate surface area is 128 Å². The molecule has 1 fully saturated rings. The van der Waals surface area contributed by atoms with Crippen LogP contribution in [-0.2, 0) is 22.7 Å². The average molecular weight is 307 g/mol. The highest BCUT2D eigenvalue weighted by atomic mass is 32.2. The van der Waals surface area contributed by atoms with Gasteiger partial charge in [0, 0.05) is 12.3 Å². The van der Waals surface area contributed by atoms with Crippen LogP contribution in [0.1, 0.15) is 36.8 Å². The molecule has 0 aliphatic heterocycles. The maximum Gasteiger partial charge on any atom is 0.151 e. The molecule has 0 bridgehead atoms. The van der Waals surface area contributed by atoms with Crippen LogP contribution in [0.15, 0.2) is 24.3 Å². The first-order chi connectivity index (χ1) is 10.0. The zero-order valence-electron chi connectivity index (χ0n) is 12.7. The molecule has 2 aliphatic rings. The standard InChI is InChI=1S/C17H25NO2S/c1-21(19,20)17-8-4-7-16(17)18-10-9-13-11-14-5-2-3-6-15(14)12-13/h2-3,5-6,13,16-18H,4,7-12H2,1H3/t16-,17+/m1/s1. The highest BCUT2D eigenvalue weighted by Crippen LogP contribution is 2.29. The van der Waals surface area contributed by atoms with Crippen LogP contribution in [0.5, 0.6) is 0 Å². The molecule has 1 N–H and O–H groups in total. The van der Waals surface area contributed by atoms with Gasteiger partial charge in [-0.3, -0.25) is 0 Å². The molecule has 116 valence electrons. The quantitative estimate of drug-likeness (QED) is 0.908. The van der Waals surface area contributed by atoms with Crippen molar-refractivity contribution < 1.29 is 8.42 Å². The Kier molecular flexibility index (Phi) is 4.36. The van der Waals surface area contributed by atoms with E-state index in [1.165, 1.54) is 30.2 Å². The maximum absolute atomic E-state index is 11.8. The topological polar surface area (TPSA) is 46.2 Å². The Morgan fingerprint density at radius 3 is 2.43 bits per heavy atom. The monoisotopic (exact) mass is 307 g/mol.